The Kier molecular flexibility index (Phi) is 3.30. The van der Waals surface area contributed by atoms with Gasteiger partial charge < -0.3 is 14.7 Å². The standard InChI is InChI=1S/C15H9FN2O4/c16-10-3-1-2-8(6-10)14-17-13(18-22-14)11-7-9(15(20)21)4-5-12(11)19/h1-7,19H,(H,20,21). The third-order valence-electron chi connectivity index (χ3n) is 2.98. The van der Waals surface area contributed by atoms with Crippen LogP contribution in [0.5, 0.6) is 5.75 Å². The number of phenolic OH excluding ortho intramolecular Hbond substituents is 1. The summed E-state index contributed by atoms with van der Waals surface area (Å²) in [6, 6.07) is 9.32. The van der Waals surface area contributed by atoms with Crippen LogP contribution in [0.2, 0.25) is 0 Å². The highest BCUT2D eigenvalue weighted by atomic mass is 19.1. The Labute approximate surface area is 123 Å². The van der Waals surface area contributed by atoms with Crippen molar-refractivity contribution in [2.45, 2.75) is 0 Å². The van der Waals surface area contributed by atoms with Crippen molar-refractivity contribution >= 4 is 5.97 Å². The summed E-state index contributed by atoms with van der Waals surface area (Å²) in [5.41, 5.74) is 0.476. The zero-order valence-electron chi connectivity index (χ0n) is 11.0. The Hall–Kier alpha value is -3.22. The number of nitrogens with zero attached hydrogens (tertiary/aromatic N) is 2. The monoisotopic (exact) mass is 300 g/mol. The molecule has 0 saturated carbocycles. The summed E-state index contributed by atoms with van der Waals surface area (Å²) in [6.07, 6.45) is 0. The van der Waals surface area contributed by atoms with Crippen molar-refractivity contribution < 1.29 is 23.9 Å². The number of aromatic nitrogens is 2. The quantitative estimate of drug-likeness (QED) is 0.772. The lowest BCUT2D eigenvalue weighted by Crippen LogP contribution is -1.96. The van der Waals surface area contributed by atoms with Gasteiger partial charge in [-0.2, -0.15) is 4.98 Å². The Morgan fingerprint density at radius 1 is 1.18 bits per heavy atom. The fourth-order valence-corrected chi connectivity index (χ4v) is 1.92. The average Bonchev–Trinajstić information content (AvgIpc) is 2.97. The van der Waals surface area contributed by atoms with E-state index in [2.05, 4.69) is 10.1 Å². The van der Waals surface area contributed by atoms with E-state index in [1.165, 1.54) is 36.4 Å². The molecule has 3 rings (SSSR count). The van der Waals surface area contributed by atoms with Crippen LogP contribution in [0, 0.1) is 5.82 Å². The van der Waals surface area contributed by atoms with Gasteiger partial charge in [0.2, 0.25) is 5.82 Å². The molecule has 6 nitrogen and oxygen atoms in total. The van der Waals surface area contributed by atoms with Crippen molar-refractivity contribution in [3.8, 4) is 28.6 Å². The zero-order chi connectivity index (χ0) is 15.7. The summed E-state index contributed by atoms with van der Waals surface area (Å²) in [4.78, 5) is 15.0. The van der Waals surface area contributed by atoms with Crippen LogP contribution in [-0.4, -0.2) is 26.3 Å². The lowest BCUT2D eigenvalue weighted by molar-refractivity contribution is 0.0697. The second-order valence-electron chi connectivity index (χ2n) is 4.47. The molecule has 0 unspecified atom stereocenters. The number of hydrogen-bond acceptors (Lipinski definition) is 5. The van der Waals surface area contributed by atoms with E-state index in [9.17, 15) is 14.3 Å². The fraction of sp³-hybridized carbons (Fsp3) is 0. The molecule has 2 N–H and O–H groups in total. The third-order valence-corrected chi connectivity index (χ3v) is 2.98. The molecule has 3 aromatic rings. The maximum Gasteiger partial charge on any atom is 0.335 e. The number of aromatic carboxylic acids is 1. The highest BCUT2D eigenvalue weighted by Crippen LogP contribution is 2.29. The molecule has 0 amide bonds. The van der Waals surface area contributed by atoms with Crippen LogP contribution in [0.3, 0.4) is 0 Å². The summed E-state index contributed by atoms with van der Waals surface area (Å²) < 4.78 is 18.2. The first-order valence-electron chi connectivity index (χ1n) is 6.21. The maximum atomic E-state index is 13.2. The lowest BCUT2D eigenvalue weighted by Gasteiger charge is -2.01. The summed E-state index contributed by atoms with van der Waals surface area (Å²) >= 11 is 0. The van der Waals surface area contributed by atoms with Gasteiger partial charge in [-0.15, -0.1) is 0 Å². The first kappa shape index (κ1) is 13.7. The van der Waals surface area contributed by atoms with E-state index in [4.69, 9.17) is 9.63 Å². The van der Waals surface area contributed by atoms with Gasteiger partial charge in [0, 0.05) is 5.56 Å². The smallest absolute Gasteiger partial charge is 0.335 e. The Bertz CT molecular complexity index is 860. The van der Waals surface area contributed by atoms with Gasteiger partial charge in [-0.25, -0.2) is 9.18 Å². The molecule has 0 spiro atoms. The number of benzene rings is 2. The van der Waals surface area contributed by atoms with E-state index < -0.39 is 11.8 Å². The van der Waals surface area contributed by atoms with Crippen LogP contribution < -0.4 is 0 Å². The third kappa shape index (κ3) is 2.51. The Morgan fingerprint density at radius 3 is 2.73 bits per heavy atom. The van der Waals surface area contributed by atoms with Crippen molar-refractivity contribution in [1.29, 1.82) is 0 Å². The second-order valence-corrected chi connectivity index (χ2v) is 4.47. The predicted molar refractivity (Wildman–Crippen MR) is 73.8 cm³/mol. The van der Waals surface area contributed by atoms with E-state index in [-0.39, 0.29) is 28.6 Å². The van der Waals surface area contributed by atoms with Crippen molar-refractivity contribution in [2.24, 2.45) is 0 Å². The van der Waals surface area contributed by atoms with E-state index in [1.54, 1.807) is 6.07 Å². The highest BCUT2D eigenvalue weighted by Gasteiger charge is 2.16. The van der Waals surface area contributed by atoms with Gasteiger partial charge in [0.25, 0.3) is 5.89 Å². The molecule has 0 radical (unpaired) electrons. The molecular weight excluding hydrogens is 291 g/mol. The molecule has 2 aromatic carbocycles. The second kappa shape index (κ2) is 5.28. The number of carboxylic acid groups (broad SMARTS) is 1. The molecule has 0 bridgehead atoms. The molecule has 0 atom stereocenters. The molecule has 1 aromatic heterocycles. The fourth-order valence-electron chi connectivity index (χ4n) is 1.92. The van der Waals surface area contributed by atoms with Gasteiger partial charge in [0.15, 0.2) is 0 Å². The summed E-state index contributed by atoms with van der Waals surface area (Å²) in [5.74, 6) is -1.70. The lowest BCUT2D eigenvalue weighted by atomic mass is 10.1. The molecule has 110 valence electrons. The predicted octanol–water partition coefficient (Wildman–Crippen LogP) is 2.95. The molecule has 7 heteroatoms. The van der Waals surface area contributed by atoms with Crippen LogP contribution in [0.1, 0.15) is 10.4 Å². The summed E-state index contributed by atoms with van der Waals surface area (Å²) in [6.45, 7) is 0. The molecule has 0 saturated heterocycles. The molecule has 22 heavy (non-hydrogen) atoms. The first-order chi connectivity index (χ1) is 10.5. The van der Waals surface area contributed by atoms with Gasteiger partial charge in [-0.05, 0) is 36.4 Å². The highest BCUT2D eigenvalue weighted by molar-refractivity contribution is 5.89. The minimum absolute atomic E-state index is 0.0138. The Morgan fingerprint density at radius 2 is 2.00 bits per heavy atom. The van der Waals surface area contributed by atoms with Gasteiger partial charge in [0.1, 0.15) is 11.6 Å². The minimum atomic E-state index is -1.14. The maximum absolute atomic E-state index is 13.2. The molecule has 0 aliphatic rings. The molecule has 0 aliphatic heterocycles. The number of halogens is 1. The Balaban J connectivity index is 2.04. The zero-order valence-corrected chi connectivity index (χ0v) is 11.0. The van der Waals surface area contributed by atoms with Crippen molar-refractivity contribution in [3.05, 3.63) is 53.8 Å². The minimum Gasteiger partial charge on any atom is -0.507 e. The van der Waals surface area contributed by atoms with Gasteiger partial charge in [-0.3, -0.25) is 0 Å². The average molecular weight is 300 g/mol. The molecule has 0 fully saturated rings. The molecule has 1 heterocycles. The number of aromatic hydroxyl groups is 1. The number of phenols is 1. The molecule has 0 aliphatic carbocycles. The van der Waals surface area contributed by atoms with Crippen LogP contribution in [-0.2, 0) is 0 Å². The van der Waals surface area contributed by atoms with Crippen molar-refractivity contribution in [1.82, 2.24) is 10.1 Å². The van der Waals surface area contributed by atoms with Gasteiger partial charge >= 0.3 is 5.97 Å². The summed E-state index contributed by atoms with van der Waals surface area (Å²) in [5, 5.41) is 22.5. The molecular formula is C15H9FN2O4. The normalized spacial score (nSPS) is 10.6. The van der Waals surface area contributed by atoms with E-state index in [1.807, 2.05) is 0 Å². The number of hydrogen-bond donors (Lipinski definition) is 2. The van der Waals surface area contributed by atoms with E-state index >= 15 is 0 Å². The van der Waals surface area contributed by atoms with Crippen LogP contribution in [0.4, 0.5) is 4.39 Å². The van der Waals surface area contributed by atoms with Crippen molar-refractivity contribution in [2.75, 3.05) is 0 Å². The van der Waals surface area contributed by atoms with Crippen LogP contribution in [0.15, 0.2) is 47.0 Å². The number of rotatable bonds is 3. The topological polar surface area (TPSA) is 96.5 Å². The van der Waals surface area contributed by atoms with Crippen LogP contribution in [0.25, 0.3) is 22.8 Å². The van der Waals surface area contributed by atoms with Crippen LogP contribution >= 0.6 is 0 Å². The first-order valence-corrected chi connectivity index (χ1v) is 6.21. The largest absolute Gasteiger partial charge is 0.507 e. The summed E-state index contributed by atoms with van der Waals surface area (Å²) in [7, 11) is 0. The van der Waals surface area contributed by atoms with E-state index in [0.717, 1.165) is 0 Å². The SMILES string of the molecule is O=C(O)c1ccc(O)c(-c2noc(-c3cccc(F)c3)n2)c1. The number of carbonyl (C=O) groups is 1. The van der Waals surface area contributed by atoms with Crippen molar-refractivity contribution in [3.63, 3.8) is 0 Å². The van der Waals surface area contributed by atoms with E-state index in [0.29, 0.717) is 5.56 Å². The number of carboxylic acids is 1. The van der Waals surface area contributed by atoms with Gasteiger partial charge in [0.05, 0.1) is 11.1 Å². The van der Waals surface area contributed by atoms with Gasteiger partial charge in [-0.1, -0.05) is 11.2 Å².